The van der Waals surface area contributed by atoms with Crippen LogP contribution in [0, 0.1) is 27.1 Å². The summed E-state index contributed by atoms with van der Waals surface area (Å²) in [6.07, 6.45) is 13.0. The molecule has 4 nitrogen and oxygen atoms in total. The molecule has 6 aliphatic rings. The third kappa shape index (κ3) is 1.40. The zero-order valence-electron chi connectivity index (χ0n) is 17.0. The van der Waals surface area contributed by atoms with Gasteiger partial charge in [0.25, 0.3) is 0 Å². The van der Waals surface area contributed by atoms with Gasteiger partial charge in [-0.2, -0.15) is 0 Å². The summed E-state index contributed by atoms with van der Waals surface area (Å²) in [5.41, 5.74) is -0.850. The van der Waals surface area contributed by atoms with Gasteiger partial charge in [0, 0.05) is 10.8 Å². The number of ether oxygens (including phenoxy) is 2. The van der Waals surface area contributed by atoms with Crippen LogP contribution >= 0.6 is 0 Å². The van der Waals surface area contributed by atoms with E-state index in [4.69, 9.17) is 9.47 Å². The van der Waals surface area contributed by atoms with Crippen LogP contribution in [0.3, 0.4) is 0 Å². The molecule has 1 saturated heterocycles. The molecule has 0 aromatic rings. The maximum atomic E-state index is 13.4. The zero-order chi connectivity index (χ0) is 18.9. The lowest BCUT2D eigenvalue weighted by molar-refractivity contribution is -0.350. The van der Waals surface area contributed by atoms with Gasteiger partial charge in [-0.1, -0.05) is 26.7 Å². The normalized spacial score (nSPS) is 49.1. The lowest BCUT2D eigenvalue weighted by Gasteiger charge is -2.81. The van der Waals surface area contributed by atoms with Gasteiger partial charge in [0.15, 0.2) is 0 Å². The Morgan fingerprint density at radius 2 is 1.67 bits per heavy atom. The molecule has 2 bridgehead atoms. The van der Waals surface area contributed by atoms with Crippen molar-refractivity contribution < 1.29 is 19.1 Å². The minimum absolute atomic E-state index is 0.0489. The highest BCUT2D eigenvalue weighted by Gasteiger charge is 2.81. The monoisotopic (exact) mass is 372 g/mol. The highest BCUT2D eigenvalue weighted by molar-refractivity contribution is 5.93. The van der Waals surface area contributed by atoms with Crippen molar-refractivity contribution in [2.75, 3.05) is 0 Å². The van der Waals surface area contributed by atoms with E-state index in [2.05, 4.69) is 0 Å². The highest BCUT2D eigenvalue weighted by Crippen LogP contribution is 2.85. The zero-order valence-corrected chi connectivity index (χ0v) is 17.0. The van der Waals surface area contributed by atoms with E-state index in [0.29, 0.717) is 17.3 Å². The highest BCUT2D eigenvalue weighted by atomic mass is 16.6. The molecule has 5 saturated carbocycles. The summed E-state index contributed by atoms with van der Waals surface area (Å²) < 4.78 is 12.0. The van der Waals surface area contributed by atoms with Gasteiger partial charge in [-0.05, 0) is 75.5 Å². The molecular formula is C23H32O4. The van der Waals surface area contributed by atoms with Gasteiger partial charge in [0.05, 0.1) is 5.41 Å². The summed E-state index contributed by atoms with van der Waals surface area (Å²) in [6, 6.07) is 0. The summed E-state index contributed by atoms with van der Waals surface area (Å²) in [6.45, 7) is 5.99. The minimum atomic E-state index is -1.07. The Labute approximate surface area is 161 Å². The summed E-state index contributed by atoms with van der Waals surface area (Å²) in [4.78, 5) is 25.9. The van der Waals surface area contributed by atoms with E-state index in [-0.39, 0.29) is 23.5 Å². The Morgan fingerprint density at radius 3 is 2.07 bits per heavy atom. The molecule has 0 amide bonds. The molecule has 6 fully saturated rings. The van der Waals surface area contributed by atoms with Crippen molar-refractivity contribution >= 4 is 11.9 Å². The van der Waals surface area contributed by atoms with E-state index in [0.717, 1.165) is 12.8 Å². The van der Waals surface area contributed by atoms with Gasteiger partial charge in [0.1, 0.15) is 6.10 Å². The Balaban J connectivity index is 1.27. The van der Waals surface area contributed by atoms with Crippen LogP contribution in [-0.2, 0) is 19.1 Å². The van der Waals surface area contributed by atoms with Gasteiger partial charge >= 0.3 is 11.9 Å². The molecule has 6 rings (SSSR count). The molecule has 3 spiro atoms. The maximum Gasteiger partial charge on any atom is 0.351 e. The predicted molar refractivity (Wildman–Crippen MR) is 98.7 cm³/mol. The number of carbonyl (C=O) groups is 2. The quantitative estimate of drug-likeness (QED) is 0.668. The van der Waals surface area contributed by atoms with E-state index in [1.807, 2.05) is 20.8 Å². The number of fused-ring (bicyclic) bond motifs is 4. The summed E-state index contributed by atoms with van der Waals surface area (Å²) in [7, 11) is 0. The first-order valence-electron chi connectivity index (χ1n) is 11.1. The van der Waals surface area contributed by atoms with Gasteiger partial charge in [-0.3, -0.25) is 4.79 Å². The van der Waals surface area contributed by atoms with Crippen molar-refractivity contribution in [2.24, 2.45) is 27.1 Å². The second kappa shape index (κ2) is 4.41. The fourth-order valence-corrected chi connectivity index (χ4v) is 8.54. The van der Waals surface area contributed by atoms with Crippen molar-refractivity contribution in [3.05, 3.63) is 0 Å². The summed E-state index contributed by atoms with van der Waals surface area (Å²) >= 11 is 0. The molecule has 0 radical (unpaired) electrons. The third-order valence-corrected chi connectivity index (χ3v) is 11.4. The number of hydrogen-bond acceptors (Lipinski definition) is 4. The van der Waals surface area contributed by atoms with Crippen molar-refractivity contribution in [3.8, 4) is 0 Å². The van der Waals surface area contributed by atoms with Gasteiger partial charge in [0.2, 0.25) is 5.60 Å². The smallest absolute Gasteiger partial charge is 0.351 e. The van der Waals surface area contributed by atoms with Crippen molar-refractivity contribution in [2.45, 2.75) is 103 Å². The van der Waals surface area contributed by atoms with Crippen LogP contribution in [0.15, 0.2) is 0 Å². The van der Waals surface area contributed by atoms with Crippen LogP contribution in [0.25, 0.3) is 0 Å². The average molecular weight is 373 g/mol. The lowest BCUT2D eigenvalue weighted by Crippen LogP contribution is -2.77. The van der Waals surface area contributed by atoms with Crippen LogP contribution in [-0.4, -0.2) is 23.6 Å². The van der Waals surface area contributed by atoms with E-state index in [1.54, 1.807) is 0 Å². The van der Waals surface area contributed by atoms with Crippen molar-refractivity contribution in [3.63, 3.8) is 0 Å². The van der Waals surface area contributed by atoms with Crippen LogP contribution in [0.5, 0.6) is 0 Å². The summed E-state index contributed by atoms with van der Waals surface area (Å²) in [5.74, 6) is -0.471. The molecular weight excluding hydrogens is 340 g/mol. The van der Waals surface area contributed by atoms with Crippen LogP contribution in [0.2, 0.25) is 0 Å². The van der Waals surface area contributed by atoms with Crippen LogP contribution < -0.4 is 0 Å². The second-order valence-electron chi connectivity index (χ2n) is 11.5. The Hall–Kier alpha value is -1.06. The first-order valence-corrected chi connectivity index (χ1v) is 11.1. The number of carbonyl (C=O) groups excluding carboxylic acids is 2. The predicted octanol–water partition coefficient (Wildman–Crippen LogP) is 4.54. The van der Waals surface area contributed by atoms with Crippen LogP contribution in [0.4, 0.5) is 0 Å². The molecule has 0 N–H and O–H groups in total. The fourth-order valence-electron chi connectivity index (χ4n) is 8.54. The van der Waals surface area contributed by atoms with Crippen LogP contribution in [0.1, 0.15) is 91.4 Å². The van der Waals surface area contributed by atoms with E-state index in [1.165, 1.54) is 51.4 Å². The Kier molecular flexibility index (Phi) is 2.75. The number of hydrogen-bond donors (Lipinski definition) is 0. The Bertz CT molecular complexity index is 755. The van der Waals surface area contributed by atoms with Gasteiger partial charge < -0.3 is 9.47 Å². The molecule has 27 heavy (non-hydrogen) atoms. The van der Waals surface area contributed by atoms with E-state index < -0.39 is 16.4 Å². The SMILES string of the molecule is CC12CCC(C(=O)OC3CC4(CCC45CCC5)C34CCC4)(OC1=O)C2(C)C. The molecule has 1 aliphatic heterocycles. The number of esters is 2. The third-order valence-electron chi connectivity index (χ3n) is 11.4. The molecule has 0 aromatic carbocycles. The van der Waals surface area contributed by atoms with Gasteiger partial charge in [-0.15, -0.1) is 0 Å². The molecule has 5 aliphatic carbocycles. The van der Waals surface area contributed by atoms with Gasteiger partial charge in [-0.25, -0.2) is 4.79 Å². The second-order valence-corrected chi connectivity index (χ2v) is 11.5. The minimum Gasteiger partial charge on any atom is -0.459 e. The molecule has 4 heteroatoms. The standard InChI is InChI=1S/C23H32O4/c1-18(2)19(3)10-13-23(18,27-16(19)24)17(25)26-15-14-22(21(15)8-5-9-21)12-11-20(22)6-4-7-20/h15H,4-14H2,1-3H3. The van der Waals surface area contributed by atoms with E-state index >= 15 is 0 Å². The fraction of sp³-hybridized carbons (Fsp3) is 0.913. The van der Waals surface area contributed by atoms with E-state index in [9.17, 15) is 9.59 Å². The first-order chi connectivity index (χ1) is 12.7. The van der Waals surface area contributed by atoms with Crippen molar-refractivity contribution in [1.29, 1.82) is 0 Å². The first kappa shape index (κ1) is 16.9. The molecule has 4 atom stereocenters. The Morgan fingerprint density at radius 1 is 0.963 bits per heavy atom. The van der Waals surface area contributed by atoms with Crippen molar-refractivity contribution in [1.82, 2.24) is 0 Å². The lowest BCUT2D eigenvalue weighted by atomic mass is 9.24. The summed E-state index contributed by atoms with van der Waals surface area (Å²) in [5, 5.41) is 0. The molecule has 1 heterocycles. The average Bonchev–Trinajstić information content (AvgIpc) is 2.76. The largest absolute Gasteiger partial charge is 0.459 e. The molecule has 0 aromatic heterocycles. The molecule has 148 valence electrons. The maximum absolute atomic E-state index is 13.4. The molecule has 4 unspecified atom stereocenters. The number of rotatable bonds is 2. The topological polar surface area (TPSA) is 52.6 Å².